The average Bonchev–Trinajstić information content (AvgIpc) is 3.59. The molecule has 0 fully saturated rings. The molecule has 0 aliphatic carbocycles. The highest BCUT2D eigenvalue weighted by Gasteiger charge is 2.23. The molecule has 3 aromatic heterocycles. The van der Waals surface area contributed by atoms with Crippen molar-refractivity contribution in [3.05, 3.63) is 140 Å². The molecule has 41 heavy (non-hydrogen) atoms. The SMILES string of the molecule is Fc1cc2oc3c(-c4nc5ccccc5n4-c4c(-c5ccccc5)cccc4-c4ccccc4)cccc3c2cn1. The van der Waals surface area contributed by atoms with Crippen molar-refractivity contribution in [1.29, 1.82) is 0 Å². The molecule has 0 aliphatic heterocycles. The van der Waals surface area contributed by atoms with Crippen LogP contribution in [0.2, 0.25) is 0 Å². The normalized spacial score (nSPS) is 11.5. The summed E-state index contributed by atoms with van der Waals surface area (Å²) < 4.78 is 22.6. The summed E-state index contributed by atoms with van der Waals surface area (Å²) in [6.45, 7) is 0. The van der Waals surface area contributed by atoms with Crippen LogP contribution in [-0.2, 0) is 0 Å². The summed E-state index contributed by atoms with van der Waals surface area (Å²) >= 11 is 0. The minimum Gasteiger partial charge on any atom is -0.455 e. The highest BCUT2D eigenvalue weighted by Crippen LogP contribution is 2.42. The number of nitrogens with zero attached hydrogens (tertiary/aromatic N) is 3. The molecule has 0 unspecified atom stereocenters. The summed E-state index contributed by atoms with van der Waals surface area (Å²) in [5.41, 5.74) is 9.15. The van der Waals surface area contributed by atoms with Crippen molar-refractivity contribution in [1.82, 2.24) is 14.5 Å². The molecule has 0 N–H and O–H groups in total. The summed E-state index contributed by atoms with van der Waals surface area (Å²) in [6.07, 6.45) is 1.53. The standard InChI is InChI=1S/C36H22FN3O/c37-33-21-32-29(22-38-33)27-17-10-18-28(35(27)41-32)36-39-30-19-7-8-20-31(30)40(36)34-25(23-11-3-1-4-12-23)15-9-16-26(34)24-13-5-2-6-14-24/h1-22H. The van der Waals surface area contributed by atoms with E-state index in [1.54, 1.807) is 0 Å². The predicted molar refractivity (Wildman–Crippen MR) is 162 cm³/mol. The van der Waals surface area contributed by atoms with Crippen molar-refractivity contribution in [3.8, 4) is 39.3 Å². The van der Waals surface area contributed by atoms with Crippen molar-refractivity contribution in [3.63, 3.8) is 0 Å². The van der Waals surface area contributed by atoms with E-state index in [1.807, 2.05) is 48.5 Å². The van der Waals surface area contributed by atoms with E-state index < -0.39 is 5.95 Å². The zero-order chi connectivity index (χ0) is 27.3. The first kappa shape index (κ1) is 23.3. The number of pyridine rings is 1. The first-order chi connectivity index (χ1) is 20.3. The van der Waals surface area contributed by atoms with E-state index in [9.17, 15) is 4.39 Å². The van der Waals surface area contributed by atoms with Crippen LogP contribution >= 0.6 is 0 Å². The molecule has 0 radical (unpaired) electrons. The molecule has 0 spiro atoms. The molecule has 4 nitrogen and oxygen atoms in total. The van der Waals surface area contributed by atoms with Crippen molar-refractivity contribution in [2.24, 2.45) is 0 Å². The zero-order valence-corrected chi connectivity index (χ0v) is 21.8. The van der Waals surface area contributed by atoms with Crippen LogP contribution in [-0.4, -0.2) is 14.5 Å². The molecule has 0 aliphatic rings. The molecule has 0 saturated carbocycles. The molecule has 5 aromatic carbocycles. The Morgan fingerprint density at radius 1 is 0.610 bits per heavy atom. The van der Waals surface area contributed by atoms with Crippen LogP contribution in [0.25, 0.3) is 72.3 Å². The van der Waals surface area contributed by atoms with Gasteiger partial charge in [0.2, 0.25) is 5.95 Å². The first-order valence-corrected chi connectivity index (χ1v) is 13.4. The van der Waals surface area contributed by atoms with Crippen LogP contribution in [0.3, 0.4) is 0 Å². The van der Waals surface area contributed by atoms with Gasteiger partial charge in [0, 0.05) is 34.2 Å². The van der Waals surface area contributed by atoms with Gasteiger partial charge in [0.15, 0.2) is 0 Å². The number of para-hydroxylation sites is 4. The fraction of sp³-hybridized carbons (Fsp3) is 0. The highest BCUT2D eigenvalue weighted by atomic mass is 19.1. The fourth-order valence-electron chi connectivity index (χ4n) is 5.76. The van der Waals surface area contributed by atoms with Gasteiger partial charge < -0.3 is 4.42 Å². The summed E-state index contributed by atoms with van der Waals surface area (Å²) in [4.78, 5) is 9.05. The summed E-state index contributed by atoms with van der Waals surface area (Å²) in [6, 6.07) is 42.7. The highest BCUT2D eigenvalue weighted by molar-refractivity contribution is 6.09. The second-order valence-corrected chi connectivity index (χ2v) is 9.98. The van der Waals surface area contributed by atoms with Crippen LogP contribution in [0.4, 0.5) is 4.39 Å². The molecule has 8 rings (SSSR count). The van der Waals surface area contributed by atoms with Crippen LogP contribution in [0, 0.1) is 5.95 Å². The quantitative estimate of drug-likeness (QED) is 0.212. The molecule has 194 valence electrons. The minimum atomic E-state index is -0.574. The molecule has 3 heterocycles. The second kappa shape index (κ2) is 9.28. The van der Waals surface area contributed by atoms with Gasteiger partial charge in [-0.15, -0.1) is 0 Å². The lowest BCUT2D eigenvalue weighted by molar-refractivity contribution is 0.579. The van der Waals surface area contributed by atoms with Crippen molar-refractivity contribution < 1.29 is 8.81 Å². The largest absolute Gasteiger partial charge is 0.455 e. The van der Waals surface area contributed by atoms with Crippen LogP contribution in [0.5, 0.6) is 0 Å². The van der Waals surface area contributed by atoms with Gasteiger partial charge in [-0.25, -0.2) is 9.97 Å². The smallest absolute Gasteiger partial charge is 0.216 e. The van der Waals surface area contributed by atoms with Crippen LogP contribution in [0.1, 0.15) is 0 Å². The Labute approximate surface area is 235 Å². The fourth-order valence-corrected chi connectivity index (χ4v) is 5.76. The number of rotatable bonds is 4. The Hall–Kier alpha value is -5.55. The molecular weight excluding hydrogens is 509 g/mol. The van der Waals surface area contributed by atoms with Crippen molar-refractivity contribution >= 4 is 33.0 Å². The number of hydrogen-bond donors (Lipinski definition) is 0. The third-order valence-electron chi connectivity index (χ3n) is 7.58. The molecule has 0 bridgehead atoms. The average molecular weight is 532 g/mol. The summed E-state index contributed by atoms with van der Waals surface area (Å²) in [7, 11) is 0. The predicted octanol–water partition coefficient (Wildman–Crippen LogP) is 9.46. The van der Waals surface area contributed by atoms with E-state index in [-0.39, 0.29) is 0 Å². The topological polar surface area (TPSA) is 43.9 Å². The van der Waals surface area contributed by atoms with Gasteiger partial charge in [-0.1, -0.05) is 103 Å². The molecule has 5 heteroatoms. The maximum Gasteiger partial charge on any atom is 0.216 e. The summed E-state index contributed by atoms with van der Waals surface area (Å²) in [5.74, 6) is 0.166. The third kappa shape index (κ3) is 3.74. The molecule has 8 aromatic rings. The number of hydrogen-bond acceptors (Lipinski definition) is 3. The molecular formula is C36H22FN3O. The van der Waals surface area contributed by atoms with Crippen LogP contribution < -0.4 is 0 Å². The Morgan fingerprint density at radius 3 is 1.98 bits per heavy atom. The minimum absolute atomic E-state index is 0.456. The van der Waals surface area contributed by atoms with Gasteiger partial charge in [-0.2, -0.15) is 4.39 Å². The second-order valence-electron chi connectivity index (χ2n) is 9.98. The molecule has 0 saturated heterocycles. The van der Waals surface area contributed by atoms with E-state index in [2.05, 4.69) is 82.3 Å². The van der Waals surface area contributed by atoms with Gasteiger partial charge in [0.25, 0.3) is 0 Å². The number of halogens is 1. The first-order valence-electron chi connectivity index (χ1n) is 13.4. The van der Waals surface area contributed by atoms with E-state index in [4.69, 9.17) is 9.40 Å². The molecule has 0 atom stereocenters. The van der Waals surface area contributed by atoms with Gasteiger partial charge >= 0.3 is 0 Å². The number of aromatic nitrogens is 3. The monoisotopic (exact) mass is 531 g/mol. The Balaban J connectivity index is 1.52. The maximum absolute atomic E-state index is 14.0. The van der Waals surface area contributed by atoms with E-state index in [1.165, 1.54) is 12.3 Å². The number of fused-ring (bicyclic) bond motifs is 4. The van der Waals surface area contributed by atoms with Gasteiger partial charge in [-0.05, 0) is 29.3 Å². The van der Waals surface area contributed by atoms with Gasteiger partial charge in [0.05, 0.1) is 22.3 Å². The van der Waals surface area contributed by atoms with E-state index >= 15 is 0 Å². The van der Waals surface area contributed by atoms with Crippen molar-refractivity contribution in [2.45, 2.75) is 0 Å². The van der Waals surface area contributed by atoms with E-state index in [0.717, 1.165) is 61.1 Å². The van der Waals surface area contributed by atoms with Gasteiger partial charge in [0.1, 0.15) is 17.0 Å². The zero-order valence-electron chi connectivity index (χ0n) is 21.8. The lowest BCUT2D eigenvalue weighted by atomic mass is 9.95. The number of imidazole rings is 1. The van der Waals surface area contributed by atoms with Crippen molar-refractivity contribution in [2.75, 3.05) is 0 Å². The van der Waals surface area contributed by atoms with Crippen LogP contribution in [0.15, 0.2) is 138 Å². The van der Waals surface area contributed by atoms with E-state index in [0.29, 0.717) is 11.2 Å². The van der Waals surface area contributed by atoms with Gasteiger partial charge in [-0.3, -0.25) is 4.57 Å². The lowest BCUT2D eigenvalue weighted by Crippen LogP contribution is -2.03. The Morgan fingerprint density at radius 2 is 1.24 bits per heavy atom. The lowest BCUT2D eigenvalue weighted by Gasteiger charge is -2.19. The summed E-state index contributed by atoms with van der Waals surface area (Å²) in [5, 5.41) is 1.63. The number of furan rings is 1. The third-order valence-corrected chi connectivity index (χ3v) is 7.58. The Bertz CT molecular complexity index is 2160. The molecule has 0 amide bonds. The number of benzene rings is 5. The Kier molecular flexibility index (Phi) is 5.28. The maximum atomic E-state index is 14.0.